The number of amides is 1. The van der Waals surface area contributed by atoms with Gasteiger partial charge in [-0.2, -0.15) is 13.2 Å². The quantitative estimate of drug-likeness (QED) is 0.527. The lowest BCUT2D eigenvalue weighted by Gasteiger charge is -2.33. The Labute approximate surface area is 193 Å². The predicted octanol–water partition coefficient (Wildman–Crippen LogP) is 5.60. The molecule has 1 aromatic carbocycles. The van der Waals surface area contributed by atoms with Gasteiger partial charge in [-0.25, -0.2) is 4.98 Å². The maximum Gasteiger partial charge on any atom is 0.417 e. The molecule has 0 spiro atoms. The Bertz CT molecular complexity index is 1210. The van der Waals surface area contributed by atoms with E-state index in [1.807, 2.05) is 6.92 Å². The molecule has 1 saturated heterocycles. The standard InChI is InChI=1S/C23H24F3N3O3S/c1-12-6-4-5-9-29(12)22(30)20-19(27)18-14(23(24,25)26)11-15(28-21(18)33-20)13-7-8-16(31-2)17(10-13)32-3/h7-8,10-12H,4-6,9,27H2,1-3H3. The number of nitrogens with two attached hydrogens (primary N) is 1. The topological polar surface area (TPSA) is 77.7 Å². The van der Waals surface area contributed by atoms with Crippen LogP contribution in [0, 0.1) is 0 Å². The number of nitrogen functional groups attached to an aromatic ring is 1. The van der Waals surface area contributed by atoms with Crippen molar-refractivity contribution in [3.8, 4) is 22.8 Å². The van der Waals surface area contributed by atoms with Crippen LogP contribution in [0.4, 0.5) is 18.9 Å². The Kier molecular flexibility index (Phi) is 6.13. The maximum atomic E-state index is 14.1. The molecule has 3 aromatic rings. The van der Waals surface area contributed by atoms with E-state index in [1.165, 1.54) is 14.2 Å². The van der Waals surface area contributed by atoms with E-state index in [0.29, 0.717) is 23.6 Å². The van der Waals surface area contributed by atoms with Gasteiger partial charge < -0.3 is 20.1 Å². The molecule has 1 unspecified atom stereocenters. The minimum absolute atomic E-state index is 0.00762. The van der Waals surface area contributed by atoms with Gasteiger partial charge >= 0.3 is 6.18 Å². The third kappa shape index (κ3) is 4.19. The number of hydrogen-bond acceptors (Lipinski definition) is 6. The predicted molar refractivity (Wildman–Crippen MR) is 122 cm³/mol. The summed E-state index contributed by atoms with van der Waals surface area (Å²) >= 11 is 0.901. The Balaban J connectivity index is 1.88. The molecule has 33 heavy (non-hydrogen) atoms. The molecule has 2 N–H and O–H groups in total. The number of methoxy groups -OCH3 is 2. The van der Waals surface area contributed by atoms with Crippen LogP contribution < -0.4 is 15.2 Å². The van der Waals surface area contributed by atoms with Crippen molar-refractivity contribution in [2.45, 2.75) is 38.4 Å². The van der Waals surface area contributed by atoms with Crippen LogP contribution in [0.2, 0.25) is 0 Å². The average Bonchev–Trinajstić information content (AvgIpc) is 3.13. The number of piperidine rings is 1. The lowest BCUT2D eigenvalue weighted by atomic mass is 10.0. The molecule has 1 amide bonds. The minimum Gasteiger partial charge on any atom is -0.493 e. The van der Waals surface area contributed by atoms with Crippen molar-refractivity contribution in [1.29, 1.82) is 0 Å². The van der Waals surface area contributed by atoms with Gasteiger partial charge in [-0.3, -0.25) is 4.79 Å². The van der Waals surface area contributed by atoms with Gasteiger partial charge in [0, 0.05) is 23.5 Å². The number of aromatic nitrogens is 1. The van der Waals surface area contributed by atoms with Gasteiger partial charge in [0.05, 0.1) is 31.2 Å². The maximum absolute atomic E-state index is 14.1. The van der Waals surface area contributed by atoms with Crippen LogP contribution in [0.15, 0.2) is 24.3 Å². The lowest BCUT2D eigenvalue weighted by Crippen LogP contribution is -2.41. The molecular weight excluding hydrogens is 455 g/mol. The third-order valence-electron chi connectivity index (χ3n) is 5.94. The molecule has 1 fully saturated rings. The summed E-state index contributed by atoms with van der Waals surface area (Å²) < 4.78 is 52.7. The monoisotopic (exact) mass is 479 g/mol. The van der Waals surface area contributed by atoms with E-state index < -0.39 is 11.7 Å². The van der Waals surface area contributed by atoms with Crippen molar-refractivity contribution in [3.05, 3.63) is 34.7 Å². The molecule has 1 aliphatic heterocycles. The van der Waals surface area contributed by atoms with Crippen molar-refractivity contribution in [3.63, 3.8) is 0 Å². The minimum atomic E-state index is -4.68. The number of hydrogen-bond donors (Lipinski definition) is 1. The molecule has 0 radical (unpaired) electrons. The molecule has 0 aliphatic carbocycles. The first-order valence-electron chi connectivity index (χ1n) is 10.5. The highest BCUT2D eigenvalue weighted by Gasteiger charge is 2.37. The zero-order chi connectivity index (χ0) is 23.9. The first-order valence-corrected chi connectivity index (χ1v) is 11.3. The number of benzene rings is 1. The number of rotatable bonds is 4. The molecule has 0 saturated carbocycles. The Morgan fingerprint density at radius 3 is 2.55 bits per heavy atom. The second-order valence-electron chi connectivity index (χ2n) is 7.99. The van der Waals surface area contributed by atoms with Gasteiger partial charge in [-0.1, -0.05) is 0 Å². The molecule has 10 heteroatoms. The van der Waals surface area contributed by atoms with E-state index in [0.717, 1.165) is 36.7 Å². The summed E-state index contributed by atoms with van der Waals surface area (Å²) in [5.74, 6) is 0.469. The number of carbonyl (C=O) groups is 1. The normalized spacial score (nSPS) is 16.8. The molecule has 4 rings (SSSR count). The van der Waals surface area contributed by atoms with E-state index in [4.69, 9.17) is 15.2 Å². The van der Waals surface area contributed by atoms with Crippen LogP contribution in [0.25, 0.3) is 21.5 Å². The van der Waals surface area contributed by atoms with Crippen LogP contribution in [-0.2, 0) is 6.18 Å². The smallest absolute Gasteiger partial charge is 0.417 e. The van der Waals surface area contributed by atoms with Crippen LogP contribution in [0.5, 0.6) is 11.5 Å². The highest BCUT2D eigenvalue weighted by atomic mass is 32.1. The SMILES string of the molecule is COc1ccc(-c2cc(C(F)(F)F)c3c(N)c(C(=O)N4CCCCC4C)sc3n2)cc1OC. The van der Waals surface area contributed by atoms with Crippen molar-refractivity contribution in [1.82, 2.24) is 9.88 Å². The summed E-state index contributed by atoms with van der Waals surface area (Å²) in [5.41, 5.74) is 5.58. The molecule has 6 nitrogen and oxygen atoms in total. The largest absolute Gasteiger partial charge is 0.493 e. The van der Waals surface area contributed by atoms with Gasteiger partial charge in [-0.15, -0.1) is 11.3 Å². The average molecular weight is 480 g/mol. The van der Waals surface area contributed by atoms with Crippen molar-refractivity contribution >= 4 is 33.1 Å². The summed E-state index contributed by atoms with van der Waals surface area (Å²) in [5, 5.41) is -0.232. The van der Waals surface area contributed by atoms with Gasteiger partial charge in [0.15, 0.2) is 11.5 Å². The number of carbonyl (C=O) groups excluding carboxylic acids is 1. The number of thiophene rings is 1. The fraction of sp³-hybridized carbons (Fsp3) is 0.391. The van der Waals surface area contributed by atoms with Crippen LogP contribution in [0.3, 0.4) is 0 Å². The van der Waals surface area contributed by atoms with Crippen LogP contribution in [0.1, 0.15) is 41.4 Å². The number of anilines is 1. The first-order chi connectivity index (χ1) is 15.7. The summed E-state index contributed by atoms with van der Waals surface area (Å²) in [6.45, 7) is 2.50. The molecular formula is C23H24F3N3O3S. The Morgan fingerprint density at radius 1 is 1.18 bits per heavy atom. The molecule has 1 aliphatic rings. The van der Waals surface area contributed by atoms with Gasteiger partial charge in [0.1, 0.15) is 9.71 Å². The molecule has 1 atom stereocenters. The Hall–Kier alpha value is -3.01. The number of alkyl halides is 3. The van der Waals surface area contributed by atoms with Gasteiger partial charge in [-0.05, 0) is 50.5 Å². The number of pyridine rings is 1. The lowest BCUT2D eigenvalue weighted by molar-refractivity contribution is -0.136. The molecule has 176 valence electrons. The summed E-state index contributed by atoms with van der Waals surface area (Å²) in [4.78, 5) is 19.5. The van der Waals surface area contributed by atoms with Crippen molar-refractivity contribution < 1.29 is 27.4 Å². The second-order valence-corrected chi connectivity index (χ2v) is 8.99. The summed E-state index contributed by atoms with van der Waals surface area (Å²) in [6, 6.07) is 5.74. The summed E-state index contributed by atoms with van der Waals surface area (Å²) in [6.07, 6.45) is -1.95. The van der Waals surface area contributed by atoms with Crippen molar-refractivity contribution in [2.75, 3.05) is 26.5 Å². The Morgan fingerprint density at radius 2 is 1.91 bits per heavy atom. The highest BCUT2D eigenvalue weighted by Crippen LogP contribution is 2.44. The zero-order valence-corrected chi connectivity index (χ0v) is 19.3. The molecule has 3 heterocycles. The fourth-order valence-corrected chi connectivity index (χ4v) is 5.25. The number of halogens is 3. The van der Waals surface area contributed by atoms with E-state index >= 15 is 0 Å². The number of likely N-dealkylation sites (tertiary alicyclic amines) is 1. The van der Waals surface area contributed by atoms with Crippen LogP contribution >= 0.6 is 11.3 Å². The van der Waals surface area contributed by atoms with Crippen molar-refractivity contribution in [2.24, 2.45) is 0 Å². The second kappa shape index (κ2) is 8.74. The number of fused-ring (bicyclic) bond motifs is 1. The van der Waals surface area contributed by atoms with Gasteiger partial charge in [0.25, 0.3) is 5.91 Å². The highest BCUT2D eigenvalue weighted by molar-refractivity contribution is 7.21. The fourth-order valence-electron chi connectivity index (χ4n) is 4.18. The first kappa shape index (κ1) is 23.2. The van der Waals surface area contributed by atoms with E-state index in [2.05, 4.69) is 4.98 Å². The van der Waals surface area contributed by atoms with Gasteiger partial charge in [0.2, 0.25) is 0 Å². The number of nitrogens with zero attached hydrogens (tertiary/aromatic N) is 2. The van der Waals surface area contributed by atoms with E-state index in [1.54, 1.807) is 23.1 Å². The summed E-state index contributed by atoms with van der Waals surface area (Å²) in [7, 11) is 2.92. The third-order valence-corrected chi connectivity index (χ3v) is 7.03. The van der Waals surface area contributed by atoms with Crippen LogP contribution in [-0.4, -0.2) is 42.6 Å². The molecule has 2 aromatic heterocycles. The zero-order valence-electron chi connectivity index (χ0n) is 18.5. The molecule has 0 bridgehead atoms. The van der Waals surface area contributed by atoms with E-state index in [9.17, 15) is 18.0 Å². The van der Waals surface area contributed by atoms with E-state index in [-0.39, 0.29) is 38.4 Å². The number of ether oxygens (including phenoxy) is 2.